The molecular weight excluding hydrogens is 116 g/mol. The van der Waals surface area contributed by atoms with Crippen LogP contribution in [0, 0.1) is 12.3 Å². The Morgan fingerprint density at radius 1 is 1.67 bits per heavy atom. The number of aliphatic hydroxyl groups is 1. The van der Waals surface area contributed by atoms with Crippen molar-refractivity contribution in [3.8, 4) is 12.3 Å². The van der Waals surface area contributed by atoms with E-state index >= 15 is 0 Å². The molecule has 0 saturated carbocycles. The van der Waals surface area contributed by atoms with E-state index in [1.54, 1.807) is 0 Å². The molecule has 0 aromatic heterocycles. The molecule has 1 N–H and O–H groups in total. The van der Waals surface area contributed by atoms with Gasteiger partial charge in [0, 0.05) is 0 Å². The molecule has 1 fully saturated rings. The van der Waals surface area contributed by atoms with Crippen molar-refractivity contribution in [1.82, 2.24) is 0 Å². The Bertz CT molecular complexity index is 125. The van der Waals surface area contributed by atoms with Crippen molar-refractivity contribution in [3.05, 3.63) is 0 Å². The van der Waals surface area contributed by atoms with E-state index in [-0.39, 0.29) is 18.8 Å². The monoisotopic (exact) mass is 126 g/mol. The van der Waals surface area contributed by atoms with Gasteiger partial charge >= 0.3 is 0 Å². The van der Waals surface area contributed by atoms with E-state index in [1.165, 1.54) is 0 Å². The highest BCUT2D eigenvalue weighted by molar-refractivity contribution is 4.97. The van der Waals surface area contributed by atoms with Gasteiger partial charge in [-0.2, -0.15) is 0 Å². The van der Waals surface area contributed by atoms with Gasteiger partial charge in [0.2, 0.25) is 0 Å². The molecule has 1 aliphatic heterocycles. The van der Waals surface area contributed by atoms with Crippen LogP contribution in [-0.2, 0) is 4.74 Å². The molecule has 2 atom stereocenters. The number of terminal acetylenes is 1. The molecule has 0 spiro atoms. The molecule has 0 amide bonds. The smallest absolute Gasteiger partial charge is 0.118 e. The zero-order valence-corrected chi connectivity index (χ0v) is 5.21. The Hall–Kier alpha value is -0.520. The molecule has 1 aliphatic rings. The fourth-order valence-electron chi connectivity index (χ4n) is 0.963. The summed E-state index contributed by atoms with van der Waals surface area (Å²) in [5.41, 5.74) is 0. The first-order valence-corrected chi connectivity index (χ1v) is 3.09. The van der Waals surface area contributed by atoms with Crippen molar-refractivity contribution < 1.29 is 9.84 Å². The molecule has 0 aliphatic carbocycles. The molecule has 2 heteroatoms. The predicted octanol–water partition coefficient (Wildman–Crippen LogP) is 0.160. The van der Waals surface area contributed by atoms with E-state index in [0.717, 1.165) is 12.8 Å². The van der Waals surface area contributed by atoms with E-state index in [0.29, 0.717) is 0 Å². The van der Waals surface area contributed by atoms with Crippen LogP contribution in [0.2, 0.25) is 0 Å². The first kappa shape index (κ1) is 6.60. The second-order valence-corrected chi connectivity index (χ2v) is 2.17. The number of aliphatic hydroxyl groups excluding tert-OH is 1. The van der Waals surface area contributed by atoms with Crippen LogP contribution < -0.4 is 0 Å². The van der Waals surface area contributed by atoms with Crippen molar-refractivity contribution in [2.45, 2.75) is 25.0 Å². The molecule has 2 unspecified atom stereocenters. The second-order valence-electron chi connectivity index (χ2n) is 2.17. The zero-order chi connectivity index (χ0) is 6.69. The number of hydrogen-bond acceptors (Lipinski definition) is 2. The minimum atomic E-state index is -0.0536. The van der Waals surface area contributed by atoms with Gasteiger partial charge in [0.05, 0.1) is 12.7 Å². The lowest BCUT2D eigenvalue weighted by molar-refractivity contribution is 0.0347. The molecule has 1 heterocycles. The number of ether oxygens (including phenoxy) is 1. The van der Waals surface area contributed by atoms with Crippen molar-refractivity contribution in [3.63, 3.8) is 0 Å². The molecule has 0 aromatic carbocycles. The Morgan fingerprint density at radius 2 is 2.44 bits per heavy atom. The molecule has 1 rings (SSSR count). The van der Waals surface area contributed by atoms with E-state index < -0.39 is 0 Å². The predicted molar refractivity (Wildman–Crippen MR) is 33.8 cm³/mol. The van der Waals surface area contributed by atoms with Crippen LogP contribution in [0.1, 0.15) is 12.8 Å². The minimum Gasteiger partial charge on any atom is -0.394 e. The summed E-state index contributed by atoms with van der Waals surface area (Å²) in [5, 5.41) is 8.59. The highest BCUT2D eigenvalue weighted by atomic mass is 16.5. The molecule has 9 heavy (non-hydrogen) atoms. The molecule has 0 radical (unpaired) electrons. The summed E-state index contributed by atoms with van der Waals surface area (Å²) in [5.74, 6) is 2.49. The first-order valence-electron chi connectivity index (χ1n) is 3.09. The molecule has 0 bridgehead atoms. The van der Waals surface area contributed by atoms with Crippen LogP contribution in [0.4, 0.5) is 0 Å². The lowest BCUT2D eigenvalue weighted by Gasteiger charge is -2.04. The third-order valence-electron chi connectivity index (χ3n) is 1.50. The van der Waals surface area contributed by atoms with Gasteiger partial charge in [-0.3, -0.25) is 0 Å². The van der Waals surface area contributed by atoms with E-state index in [9.17, 15) is 0 Å². The normalized spacial score (nSPS) is 34.2. The summed E-state index contributed by atoms with van der Waals surface area (Å²) in [6.07, 6.45) is 6.82. The Labute approximate surface area is 54.8 Å². The van der Waals surface area contributed by atoms with Gasteiger partial charge in [-0.05, 0) is 12.8 Å². The van der Waals surface area contributed by atoms with Gasteiger partial charge < -0.3 is 9.84 Å². The van der Waals surface area contributed by atoms with Gasteiger partial charge in [-0.15, -0.1) is 6.42 Å². The van der Waals surface area contributed by atoms with Crippen molar-refractivity contribution in [2.24, 2.45) is 0 Å². The Balaban J connectivity index is 2.31. The quantitative estimate of drug-likeness (QED) is 0.507. The fourth-order valence-corrected chi connectivity index (χ4v) is 0.963. The summed E-state index contributed by atoms with van der Waals surface area (Å²) in [6, 6.07) is 0. The molecule has 0 aromatic rings. The largest absolute Gasteiger partial charge is 0.394 e. The molecule has 1 saturated heterocycles. The van der Waals surface area contributed by atoms with Gasteiger partial charge in [0.1, 0.15) is 6.10 Å². The lowest BCUT2D eigenvalue weighted by atomic mass is 10.2. The molecular formula is C7H10O2. The maximum absolute atomic E-state index is 8.59. The first-order chi connectivity index (χ1) is 4.36. The Kier molecular flexibility index (Phi) is 2.10. The van der Waals surface area contributed by atoms with Crippen molar-refractivity contribution in [2.75, 3.05) is 6.61 Å². The van der Waals surface area contributed by atoms with Crippen molar-refractivity contribution in [1.29, 1.82) is 0 Å². The lowest BCUT2D eigenvalue weighted by Crippen LogP contribution is -2.12. The summed E-state index contributed by atoms with van der Waals surface area (Å²) in [6.45, 7) is 0.0954. The maximum atomic E-state index is 8.59. The fraction of sp³-hybridized carbons (Fsp3) is 0.714. The number of rotatable bonds is 1. The van der Waals surface area contributed by atoms with E-state index in [2.05, 4.69) is 5.92 Å². The maximum Gasteiger partial charge on any atom is 0.118 e. The average Bonchev–Trinajstić information content (AvgIpc) is 2.34. The Morgan fingerprint density at radius 3 is 2.78 bits per heavy atom. The summed E-state index contributed by atoms with van der Waals surface area (Å²) in [7, 11) is 0. The topological polar surface area (TPSA) is 29.5 Å². The van der Waals surface area contributed by atoms with Crippen LogP contribution in [0.3, 0.4) is 0 Å². The summed E-state index contributed by atoms with van der Waals surface area (Å²) >= 11 is 0. The van der Waals surface area contributed by atoms with Crippen molar-refractivity contribution >= 4 is 0 Å². The van der Waals surface area contributed by atoms with Crippen LogP contribution >= 0.6 is 0 Å². The van der Waals surface area contributed by atoms with E-state index in [4.69, 9.17) is 16.3 Å². The van der Waals surface area contributed by atoms with Gasteiger partial charge in [0.25, 0.3) is 0 Å². The SMILES string of the molecule is C#CC1CCC(CO)O1. The zero-order valence-electron chi connectivity index (χ0n) is 5.21. The summed E-state index contributed by atoms with van der Waals surface area (Å²) in [4.78, 5) is 0. The van der Waals surface area contributed by atoms with E-state index in [1.807, 2.05) is 0 Å². The second kappa shape index (κ2) is 2.86. The standard InChI is InChI=1S/C7H10O2/c1-2-6-3-4-7(5-8)9-6/h1,6-8H,3-5H2. The van der Waals surface area contributed by atoms with Crippen LogP contribution in [0.15, 0.2) is 0 Å². The van der Waals surface area contributed by atoms with Crippen LogP contribution in [0.5, 0.6) is 0 Å². The summed E-state index contributed by atoms with van der Waals surface area (Å²) < 4.78 is 5.17. The van der Waals surface area contributed by atoms with Gasteiger partial charge in [-0.25, -0.2) is 0 Å². The molecule has 2 nitrogen and oxygen atoms in total. The third-order valence-corrected chi connectivity index (χ3v) is 1.50. The van der Waals surface area contributed by atoms with Gasteiger partial charge in [-0.1, -0.05) is 5.92 Å². The minimum absolute atomic E-state index is 0.00829. The number of hydrogen-bond donors (Lipinski definition) is 1. The highest BCUT2D eigenvalue weighted by Crippen LogP contribution is 2.17. The average molecular weight is 126 g/mol. The van der Waals surface area contributed by atoms with Gasteiger partial charge in [0.15, 0.2) is 0 Å². The highest BCUT2D eigenvalue weighted by Gasteiger charge is 2.22. The van der Waals surface area contributed by atoms with Crippen LogP contribution in [-0.4, -0.2) is 23.9 Å². The third kappa shape index (κ3) is 1.44. The molecule has 50 valence electrons. The van der Waals surface area contributed by atoms with Crippen LogP contribution in [0.25, 0.3) is 0 Å².